The summed E-state index contributed by atoms with van der Waals surface area (Å²) in [6.45, 7) is 0.523. The number of nitrogens with one attached hydrogen (secondary N) is 2. The lowest BCUT2D eigenvalue weighted by molar-refractivity contribution is -0.117. The largest absolute Gasteiger partial charge is 0.322 e. The molecule has 0 aliphatic carbocycles. The van der Waals surface area contributed by atoms with E-state index in [0.29, 0.717) is 40.6 Å². The van der Waals surface area contributed by atoms with Crippen LogP contribution in [0.3, 0.4) is 0 Å². The van der Waals surface area contributed by atoms with Crippen molar-refractivity contribution >= 4 is 46.4 Å². The number of rotatable bonds is 5. The van der Waals surface area contributed by atoms with Crippen LogP contribution in [0.4, 0.5) is 21.5 Å². The number of amides is 3. The van der Waals surface area contributed by atoms with Gasteiger partial charge in [-0.2, -0.15) is 0 Å². The maximum Gasteiger partial charge on any atom is 0.257 e. The molecule has 3 amide bonds. The number of nitrogens with zero attached hydrogens (tertiary/aromatic N) is 1. The third-order valence-electron chi connectivity index (χ3n) is 5.03. The second-order valence-corrected chi connectivity index (χ2v) is 7.75. The molecule has 162 valence electrons. The molecule has 32 heavy (non-hydrogen) atoms. The lowest BCUT2D eigenvalue weighted by Crippen LogP contribution is -2.27. The van der Waals surface area contributed by atoms with Gasteiger partial charge in [0.15, 0.2) is 0 Å². The van der Waals surface area contributed by atoms with Gasteiger partial charge in [0.1, 0.15) is 5.82 Å². The summed E-state index contributed by atoms with van der Waals surface area (Å²) < 4.78 is 13.4. The molecule has 0 bridgehead atoms. The molecule has 0 saturated carbocycles. The highest BCUT2D eigenvalue weighted by atomic mass is 35.5. The summed E-state index contributed by atoms with van der Waals surface area (Å²) in [5, 5.41) is 5.81. The van der Waals surface area contributed by atoms with Gasteiger partial charge >= 0.3 is 0 Å². The molecule has 1 heterocycles. The van der Waals surface area contributed by atoms with Crippen molar-refractivity contribution in [2.24, 2.45) is 0 Å². The average molecular weight is 452 g/mol. The van der Waals surface area contributed by atoms with Crippen LogP contribution in [-0.4, -0.2) is 24.3 Å². The predicted molar refractivity (Wildman–Crippen MR) is 122 cm³/mol. The second-order valence-electron chi connectivity index (χ2n) is 7.31. The lowest BCUT2D eigenvalue weighted by atomic mass is 10.1. The van der Waals surface area contributed by atoms with E-state index in [4.69, 9.17) is 11.6 Å². The van der Waals surface area contributed by atoms with E-state index in [-0.39, 0.29) is 11.5 Å². The van der Waals surface area contributed by atoms with Crippen LogP contribution in [0.1, 0.15) is 33.6 Å². The fourth-order valence-corrected chi connectivity index (χ4v) is 3.70. The molecule has 3 aromatic rings. The zero-order chi connectivity index (χ0) is 22.7. The third-order valence-corrected chi connectivity index (χ3v) is 5.27. The number of halogens is 2. The molecule has 0 radical (unpaired) electrons. The maximum absolute atomic E-state index is 13.4. The van der Waals surface area contributed by atoms with Crippen molar-refractivity contribution in [3.05, 3.63) is 88.7 Å². The summed E-state index contributed by atoms with van der Waals surface area (Å²) >= 11 is 6.10. The highest BCUT2D eigenvalue weighted by molar-refractivity contribution is 6.31. The normalized spacial score (nSPS) is 13.2. The smallest absolute Gasteiger partial charge is 0.257 e. The molecule has 1 aliphatic rings. The van der Waals surface area contributed by atoms with Crippen molar-refractivity contribution in [3.63, 3.8) is 0 Å². The molecule has 6 nitrogen and oxygen atoms in total. The Balaban J connectivity index is 1.53. The van der Waals surface area contributed by atoms with Gasteiger partial charge < -0.3 is 15.5 Å². The van der Waals surface area contributed by atoms with E-state index in [9.17, 15) is 18.8 Å². The van der Waals surface area contributed by atoms with Gasteiger partial charge in [0, 0.05) is 34.9 Å². The van der Waals surface area contributed by atoms with Crippen LogP contribution < -0.4 is 15.5 Å². The first-order valence-electron chi connectivity index (χ1n) is 9.99. The Bertz CT molecular complexity index is 1210. The van der Waals surface area contributed by atoms with E-state index < -0.39 is 17.6 Å². The summed E-state index contributed by atoms with van der Waals surface area (Å²) in [7, 11) is 0. The van der Waals surface area contributed by atoms with Gasteiger partial charge in [-0.25, -0.2) is 4.39 Å². The zero-order valence-electron chi connectivity index (χ0n) is 16.9. The molecule has 3 aromatic carbocycles. The van der Waals surface area contributed by atoms with Gasteiger partial charge in [-0.3, -0.25) is 14.4 Å². The van der Waals surface area contributed by atoms with Crippen LogP contribution in [0.5, 0.6) is 0 Å². The molecule has 0 aromatic heterocycles. The number of carbonyl (C=O) groups excluding carboxylic acids is 3. The van der Waals surface area contributed by atoms with Crippen molar-refractivity contribution in [1.82, 2.24) is 0 Å². The monoisotopic (exact) mass is 451 g/mol. The number of carbonyl (C=O) groups is 3. The van der Waals surface area contributed by atoms with Crippen molar-refractivity contribution in [1.29, 1.82) is 0 Å². The number of hydrogen-bond acceptors (Lipinski definition) is 3. The summed E-state index contributed by atoms with van der Waals surface area (Å²) in [6, 6.07) is 16.7. The summed E-state index contributed by atoms with van der Waals surface area (Å²) in [5.41, 5.74) is 1.77. The maximum atomic E-state index is 13.4. The minimum Gasteiger partial charge on any atom is -0.322 e. The van der Waals surface area contributed by atoms with Gasteiger partial charge in [-0.15, -0.1) is 0 Å². The van der Waals surface area contributed by atoms with Gasteiger partial charge in [-0.05, 0) is 61.0 Å². The van der Waals surface area contributed by atoms with Crippen LogP contribution in [0, 0.1) is 5.82 Å². The Morgan fingerprint density at radius 2 is 1.62 bits per heavy atom. The molecule has 0 unspecified atom stereocenters. The quantitative estimate of drug-likeness (QED) is 0.565. The molecule has 4 rings (SSSR count). The van der Waals surface area contributed by atoms with Crippen LogP contribution in [0.2, 0.25) is 5.02 Å². The Morgan fingerprint density at radius 1 is 0.906 bits per heavy atom. The molecule has 0 atom stereocenters. The van der Waals surface area contributed by atoms with Gasteiger partial charge in [-0.1, -0.05) is 23.7 Å². The molecule has 0 spiro atoms. The van der Waals surface area contributed by atoms with Gasteiger partial charge in [0.25, 0.3) is 11.8 Å². The molecule has 8 heteroatoms. The minimum atomic E-state index is -0.459. The summed E-state index contributed by atoms with van der Waals surface area (Å²) in [4.78, 5) is 39.3. The standard InChI is InChI=1S/C24H19ClFN3O3/c25-16-9-10-20(21(13-16)29-11-3-8-22(29)30)24(32)28-18-6-1-4-15(12-18)23(31)27-19-7-2-5-17(26)14-19/h1-2,4-7,9-10,12-14H,3,8,11H2,(H,27,31)(H,28,32). The van der Waals surface area contributed by atoms with Crippen molar-refractivity contribution in [3.8, 4) is 0 Å². The minimum absolute atomic E-state index is 0.0580. The number of hydrogen-bond donors (Lipinski definition) is 2. The Kier molecular flexibility index (Phi) is 6.18. The van der Waals surface area contributed by atoms with Crippen molar-refractivity contribution in [2.75, 3.05) is 22.1 Å². The molecular formula is C24H19ClFN3O3. The lowest BCUT2D eigenvalue weighted by Gasteiger charge is -2.20. The van der Waals surface area contributed by atoms with Gasteiger partial charge in [0.2, 0.25) is 5.91 Å². The Labute approximate surface area is 189 Å². The Morgan fingerprint density at radius 3 is 2.34 bits per heavy atom. The van der Waals surface area contributed by atoms with Crippen LogP contribution in [0.25, 0.3) is 0 Å². The van der Waals surface area contributed by atoms with Crippen LogP contribution in [0.15, 0.2) is 66.7 Å². The van der Waals surface area contributed by atoms with Crippen molar-refractivity contribution in [2.45, 2.75) is 12.8 Å². The van der Waals surface area contributed by atoms with E-state index >= 15 is 0 Å². The average Bonchev–Trinajstić information content (AvgIpc) is 3.19. The SMILES string of the molecule is O=C(Nc1cccc(F)c1)c1cccc(NC(=O)c2ccc(Cl)cc2N2CCCC2=O)c1. The first-order valence-corrected chi connectivity index (χ1v) is 10.4. The fourth-order valence-electron chi connectivity index (χ4n) is 3.53. The first-order chi connectivity index (χ1) is 15.4. The molecule has 1 aliphatic heterocycles. The molecule has 2 N–H and O–H groups in total. The number of benzene rings is 3. The molecule has 1 fully saturated rings. The zero-order valence-corrected chi connectivity index (χ0v) is 17.7. The van der Waals surface area contributed by atoms with Gasteiger partial charge in [0.05, 0.1) is 11.3 Å². The molecule has 1 saturated heterocycles. The second kappa shape index (κ2) is 9.20. The summed E-state index contributed by atoms with van der Waals surface area (Å²) in [5.74, 6) is -1.39. The predicted octanol–water partition coefficient (Wildman–Crippen LogP) is 5.11. The summed E-state index contributed by atoms with van der Waals surface area (Å²) in [6.07, 6.45) is 1.14. The third kappa shape index (κ3) is 4.78. The first kappa shape index (κ1) is 21.5. The van der Waals surface area contributed by atoms with E-state index in [1.807, 2.05) is 0 Å². The highest BCUT2D eigenvalue weighted by Crippen LogP contribution is 2.29. The van der Waals surface area contributed by atoms with Crippen LogP contribution in [-0.2, 0) is 4.79 Å². The van der Waals surface area contributed by atoms with E-state index in [2.05, 4.69) is 10.6 Å². The van der Waals surface area contributed by atoms with Crippen molar-refractivity contribution < 1.29 is 18.8 Å². The topological polar surface area (TPSA) is 78.5 Å². The Hall–Kier alpha value is -3.71. The number of anilines is 3. The van der Waals surface area contributed by atoms with E-state index in [0.717, 1.165) is 6.42 Å². The molecular weight excluding hydrogens is 433 g/mol. The fraction of sp³-hybridized carbons (Fsp3) is 0.125. The van der Waals surface area contributed by atoms with E-state index in [1.54, 1.807) is 47.4 Å². The highest BCUT2D eigenvalue weighted by Gasteiger charge is 2.26. The van der Waals surface area contributed by atoms with Crippen LogP contribution >= 0.6 is 11.6 Å². The van der Waals surface area contributed by atoms with E-state index in [1.165, 1.54) is 24.3 Å².